The second-order valence-electron chi connectivity index (χ2n) is 6.20. The predicted molar refractivity (Wildman–Crippen MR) is 73.5 cm³/mol. The third-order valence-corrected chi connectivity index (χ3v) is 4.07. The molecule has 0 amide bonds. The van der Waals surface area contributed by atoms with Crippen molar-refractivity contribution in [2.24, 2.45) is 0 Å². The molecule has 5 heteroatoms. The van der Waals surface area contributed by atoms with E-state index >= 15 is 0 Å². The van der Waals surface area contributed by atoms with Crippen LogP contribution in [-0.2, 0) is 30.3 Å². The van der Waals surface area contributed by atoms with Crippen LogP contribution < -0.4 is 0 Å². The van der Waals surface area contributed by atoms with Crippen molar-refractivity contribution in [1.82, 2.24) is 0 Å². The Morgan fingerprint density at radius 1 is 1.10 bits per heavy atom. The first-order valence-corrected chi connectivity index (χ1v) is 7.41. The van der Waals surface area contributed by atoms with Crippen LogP contribution in [0.2, 0.25) is 0 Å². The molecule has 0 N–H and O–H groups in total. The molecule has 5 nitrogen and oxygen atoms in total. The molecule has 0 aromatic heterocycles. The van der Waals surface area contributed by atoms with E-state index in [0.717, 1.165) is 5.56 Å². The van der Waals surface area contributed by atoms with Gasteiger partial charge in [-0.2, -0.15) is 0 Å². The van der Waals surface area contributed by atoms with Gasteiger partial charge in [0, 0.05) is 0 Å². The highest BCUT2D eigenvalue weighted by atomic mass is 16.8. The molecule has 21 heavy (non-hydrogen) atoms. The predicted octanol–water partition coefficient (Wildman–Crippen LogP) is 1.85. The monoisotopic (exact) mass is 292 g/mol. The molecule has 0 unspecified atom stereocenters. The molecule has 5 atom stereocenters. The third-order valence-electron chi connectivity index (χ3n) is 4.07. The second-order valence-corrected chi connectivity index (χ2v) is 6.20. The van der Waals surface area contributed by atoms with Gasteiger partial charge in [0.15, 0.2) is 12.1 Å². The first kappa shape index (κ1) is 13.7. The average Bonchev–Trinajstić information content (AvgIpc) is 3.19. The number of benzene rings is 1. The van der Waals surface area contributed by atoms with Crippen LogP contribution in [0.1, 0.15) is 19.4 Å². The number of hydrogen-bond acceptors (Lipinski definition) is 5. The maximum atomic E-state index is 5.96. The normalized spacial score (nSPS) is 40.2. The van der Waals surface area contributed by atoms with Crippen molar-refractivity contribution in [3.05, 3.63) is 35.9 Å². The lowest BCUT2D eigenvalue weighted by atomic mass is 10.1. The highest BCUT2D eigenvalue weighted by molar-refractivity contribution is 5.13. The second kappa shape index (κ2) is 5.04. The van der Waals surface area contributed by atoms with Gasteiger partial charge in [0.1, 0.15) is 24.4 Å². The van der Waals surface area contributed by atoms with E-state index in [0.29, 0.717) is 13.2 Å². The van der Waals surface area contributed by atoms with Gasteiger partial charge < -0.3 is 23.7 Å². The first-order chi connectivity index (χ1) is 10.1. The molecule has 3 saturated heterocycles. The van der Waals surface area contributed by atoms with Gasteiger partial charge in [-0.3, -0.25) is 0 Å². The van der Waals surface area contributed by atoms with Crippen LogP contribution in [0.4, 0.5) is 0 Å². The van der Waals surface area contributed by atoms with Crippen LogP contribution in [0.3, 0.4) is 0 Å². The van der Waals surface area contributed by atoms with E-state index in [1.165, 1.54) is 0 Å². The largest absolute Gasteiger partial charge is 0.368 e. The molecule has 0 aliphatic carbocycles. The summed E-state index contributed by atoms with van der Waals surface area (Å²) in [6, 6.07) is 10.1. The minimum atomic E-state index is -0.608. The van der Waals surface area contributed by atoms with E-state index < -0.39 is 5.79 Å². The average molecular weight is 292 g/mol. The van der Waals surface area contributed by atoms with Gasteiger partial charge in [-0.1, -0.05) is 30.3 Å². The molecule has 0 radical (unpaired) electrons. The van der Waals surface area contributed by atoms with Crippen molar-refractivity contribution in [3.8, 4) is 0 Å². The molecule has 3 aliphatic rings. The molecule has 114 valence electrons. The maximum absolute atomic E-state index is 5.96. The van der Waals surface area contributed by atoms with Crippen LogP contribution in [0.5, 0.6) is 0 Å². The first-order valence-electron chi connectivity index (χ1n) is 7.41. The molecule has 3 aliphatic heterocycles. The number of ether oxygens (including phenoxy) is 5. The Kier molecular flexibility index (Phi) is 3.28. The molecule has 0 saturated carbocycles. The topological polar surface area (TPSA) is 49.5 Å². The summed E-state index contributed by atoms with van der Waals surface area (Å²) in [5, 5.41) is 0. The van der Waals surface area contributed by atoms with E-state index in [-0.39, 0.29) is 30.7 Å². The van der Waals surface area contributed by atoms with Crippen LogP contribution in [0.15, 0.2) is 30.3 Å². The quantitative estimate of drug-likeness (QED) is 0.796. The maximum Gasteiger partial charge on any atom is 0.189 e. The fourth-order valence-corrected chi connectivity index (χ4v) is 3.01. The minimum absolute atomic E-state index is 0.0139. The summed E-state index contributed by atoms with van der Waals surface area (Å²) >= 11 is 0. The number of hydrogen-bond donors (Lipinski definition) is 0. The molecular weight excluding hydrogens is 272 g/mol. The lowest BCUT2D eigenvalue weighted by molar-refractivity contribution is -0.200. The Balaban J connectivity index is 1.38. The van der Waals surface area contributed by atoms with Crippen molar-refractivity contribution in [2.45, 2.75) is 56.9 Å². The molecule has 0 spiro atoms. The van der Waals surface area contributed by atoms with Gasteiger partial charge >= 0.3 is 0 Å². The van der Waals surface area contributed by atoms with Crippen molar-refractivity contribution in [3.63, 3.8) is 0 Å². The van der Waals surface area contributed by atoms with E-state index in [4.69, 9.17) is 23.7 Å². The van der Waals surface area contributed by atoms with Crippen LogP contribution in [0.25, 0.3) is 0 Å². The van der Waals surface area contributed by atoms with Crippen LogP contribution >= 0.6 is 0 Å². The summed E-state index contributed by atoms with van der Waals surface area (Å²) in [7, 11) is 0. The van der Waals surface area contributed by atoms with Crippen molar-refractivity contribution in [1.29, 1.82) is 0 Å². The van der Waals surface area contributed by atoms with Gasteiger partial charge in [-0.05, 0) is 19.4 Å². The Morgan fingerprint density at radius 3 is 2.71 bits per heavy atom. The molecule has 1 aromatic carbocycles. The SMILES string of the molecule is CC1(C)O[C@H]2OC[C@@H](OCc3ccccc3)[C@@H]3O[C@@H]3[C@H]2O1. The lowest BCUT2D eigenvalue weighted by Gasteiger charge is -2.19. The zero-order valence-corrected chi connectivity index (χ0v) is 12.2. The molecule has 3 heterocycles. The Labute approximate surface area is 124 Å². The minimum Gasteiger partial charge on any atom is -0.368 e. The van der Waals surface area contributed by atoms with E-state index in [1.807, 2.05) is 44.2 Å². The summed E-state index contributed by atoms with van der Waals surface area (Å²) in [5.41, 5.74) is 1.15. The van der Waals surface area contributed by atoms with Gasteiger partial charge in [0.25, 0.3) is 0 Å². The molecule has 3 fully saturated rings. The van der Waals surface area contributed by atoms with E-state index in [2.05, 4.69) is 0 Å². The van der Waals surface area contributed by atoms with Crippen molar-refractivity contribution in [2.75, 3.05) is 6.61 Å². The number of fused-ring (bicyclic) bond motifs is 3. The molecule has 4 rings (SSSR count). The molecular formula is C16H20O5. The fourth-order valence-electron chi connectivity index (χ4n) is 3.01. The summed E-state index contributed by atoms with van der Waals surface area (Å²) in [4.78, 5) is 0. The molecule has 0 bridgehead atoms. The van der Waals surface area contributed by atoms with E-state index in [9.17, 15) is 0 Å². The van der Waals surface area contributed by atoms with Crippen LogP contribution in [-0.4, -0.2) is 43.1 Å². The Hall–Kier alpha value is -0.980. The zero-order chi connectivity index (χ0) is 14.4. The number of rotatable bonds is 3. The highest BCUT2D eigenvalue weighted by Crippen LogP contribution is 2.43. The summed E-state index contributed by atoms with van der Waals surface area (Å²) in [6.45, 7) is 4.82. The summed E-state index contributed by atoms with van der Waals surface area (Å²) in [6.07, 6.45) is -0.534. The standard InChI is InChI=1S/C16H20O5/c1-16(2)20-14-13-12(19-13)11(9-18-15(14)21-16)17-8-10-6-4-3-5-7-10/h3-7,11-15H,8-9H2,1-2H3/t11-,12+,13+,14-,15-/m1/s1. The smallest absolute Gasteiger partial charge is 0.189 e. The fraction of sp³-hybridized carbons (Fsp3) is 0.625. The van der Waals surface area contributed by atoms with Gasteiger partial charge in [-0.25, -0.2) is 0 Å². The number of epoxide rings is 1. The molecule has 1 aromatic rings. The van der Waals surface area contributed by atoms with Crippen molar-refractivity contribution >= 4 is 0 Å². The summed E-state index contributed by atoms with van der Waals surface area (Å²) in [5.74, 6) is -0.608. The highest BCUT2D eigenvalue weighted by Gasteiger charge is 2.60. The van der Waals surface area contributed by atoms with Gasteiger partial charge in [0.2, 0.25) is 0 Å². The van der Waals surface area contributed by atoms with Gasteiger partial charge in [-0.15, -0.1) is 0 Å². The Morgan fingerprint density at radius 2 is 1.90 bits per heavy atom. The third kappa shape index (κ3) is 2.72. The Bertz CT molecular complexity index is 503. The van der Waals surface area contributed by atoms with Crippen LogP contribution in [0, 0.1) is 0 Å². The summed E-state index contributed by atoms with van der Waals surface area (Å²) < 4.78 is 29.2. The van der Waals surface area contributed by atoms with Gasteiger partial charge in [0.05, 0.1) is 13.2 Å². The zero-order valence-electron chi connectivity index (χ0n) is 12.2. The van der Waals surface area contributed by atoms with E-state index in [1.54, 1.807) is 0 Å². The lowest BCUT2D eigenvalue weighted by Crippen LogP contribution is -2.29. The van der Waals surface area contributed by atoms with Crippen molar-refractivity contribution < 1.29 is 23.7 Å².